The van der Waals surface area contributed by atoms with Gasteiger partial charge in [0.05, 0.1) is 5.56 Å². The van der Waals surface area contributed by atoms with Crippen LogP contribution in [0.1, 0.15) is 16.2 Å². The lowest BCUT2D eigenvalue weighted by Crippen LogP contribution is -2.27. The molecule has 0 aliphatic heterocycles. The minimum Gasteiger partial charge on any atom is -0.352 e. The summed E-state index contributed by atoms with van der Waals surface area (Å²) in [4.78, 5) is 11.9. The molecule has 6 heteroatoms. The van der Waals surface area contributed by atoms with Crippen molar-refractivity contribution < 1.29 is 4.79 Å². The van der Waals surface area contributed by atoms with Gasteiger partial charge in [-0.3, -0.25) is 4.79 Å². The number of nitrogens with one attached hydrogen (secondary N) is 1. The number of carbonyl (C=O) groups is 1. The Bertz CT molecular complexity index is 553. The number of nitrogens with zero attached hydrogens (tertiary/aromatic N) is 3. The molecule has 1 aromatic heterocycles. The molecule has 0 aliphatic rings. The summed E-state index contributed by atoms with van der Waals surface area (Å²) < 4.78 is 2.80. The number of aryl methyl sites for hydroxylation is 1. The predicted molar refractivity (Wildman–Crippen MR) is 76.2 cm³/mol. The molecule has 0 fully saturated rings. The Morgan fingerprint density at radius 1 is 1.44 bits per heavy atom. The zero-order chi connectivity index (χ0) is 13.0. The maximum atomic E-state index is 11.9. The molecule has 2 rings (SSSR count). The van der Waals surface area contributed by atoms with Crippen molar-refractivity contribution in [2.45, 2.75) is 6.42 Å². The SMILES string of the molecule is Cn1cnnc1CCNC(=O)c1ccccc1I. The largest absolute Gasteiger partial charge is 0.352 e. The highest BCUT2D eigenvalue weighted by molar-refractivity contribution is 14.1. The van der Waals surface area contributed by atoms with Gasteiger partial charge in [0.2, 0.25) is 0 Å². The van der Waals surface area contributed by atoms with Crippen molar-refractivity contribution in [1.82, 2.24) is 20.1 Å². The molecule has 1 heterocycles. The van der Waals surface area contributed by atoms with E-state index in [0.717, 1.165) is 9.39 Å². The van der Waals surface area contributed by atoms with Crippen LogP contribution in [0.3, 0.4) is 0 Å². The summed E-state index contributed by atoms with van der Waals surface area (Å²) in [6.07, 6.45) is 2.32. The van der Waals surface area contributed by atoms with Crippen molar-refractivity contribution >= 4 is 28.5 Å². The average Bonchev–Trinajstić information content (AvgIpc) is 2.75. The van der Waals surface area contributed by atoms with Crippen LogP contribution < -0.4 is 5.32 Å². The summed E-state index contributed by atoms with van der Waals surface area (Å²) in [5.41, 5.74) is 0.705. The quantitative estimate of drug-likeness (QED) is 0.843. The number of carbonyl (C=O) groups excluding carboxylic acids is 1. The van der Waals surface area contributed by atoms with Gasteiger partial charge in [0.25, 0.3) is 5.91 Å². The van der Waals surface area contributed by atoms with Gasteiger partial charge in [-0.25, -0.2) is 0 Å². The first-order valence-electron chi connectivity index (χ1n) is 5.54. The first-order chi connectivity index (χ1) is 8.68. The molecule has 0 spiro atoms. The van der Waals surface area contributed by atoms with Crippen LogP contribution in [-0.4, -0.2) is 27.2 Å². The summed E-state index contributed by atoms with van der Waals surface area (Å²) >= 11 is 2.16. The highest BCUT2D eigenvalue weighted by atomic mass is 127. The standard InChI is InChI=1S/C12H13IN4O/c1-17-8-15-16-11(17)6-7-14-12(18)9-4-2-3-5-10(9)13/h2-5,8H,6-7H2,1H3,(H,14,18). The Kier molecular flexibility index (Phi) is 4.29. The molecule has 0 atom stereocenters. The van der Waals surface area contributed by atoms with Crippen molar-refractivity contribution in [2.75, 3.05) is 6.54 Å². The maximum absolute atomic E-state index is 11.9. The second-order valence-electron chi connectivity index (χ2n) is 3.84. The Balaban J connectivity index is 1.90. The molecular weight excluding hydrogens is 343 g/mol. The molecule has 18 heavy (non-hydrogen) atoms. The topological polar surface area (TPSA) is 59.8 Å². The highest BCUT2D eigenvalue weighted by Gasteiger charge is 2.08. The van der Waals surface area contributed by atoms with Crippen LogP contribution in [0.25, 0.3) is 0 Å². The smallest absolute Gasteiger partial charge is 0.252 e. The van der Waals surface area contributed by atoms with Crippen molar-refractivity contribution in [3.05, 3.63) is 45.6 Å². The predicted octanol–water partition coefficient (Wildman–Crippen LogP) is 1.39. The zero-order valence-corrected chi connectivity index (χ0v) is 12.1. The van der Waals surface area contributed by atoms with Crippen molar-refractivity contribution in [2.24, 2.45) is 7.05 Å². The van der Waals surface area contributed by atoms with Crippen LogP contribution in [0, 0.1) is 3.57 Å². The van der Waals surface area contributed by atoms with Crippen LogP contribution in [0.15, 0.2) is 30.6 Å². The number of rotatable bonds is 4. The summed E-state index contributed by atoms with van der Waals surface area (Å²) in [5.74, 6) is 0.806. The fraction of sp³-hybridized carbons (Fsp3) is 0.250. The Labute approximate surface area is 119 Å². The molecule has 2 aromatic rings. The van der Waals surface area contributed by atoms with E-state index >= 15 is 0 Å². The van der Waals surface area contributed by atoms with Crippen LogP contribution in [0.5, 0.6) is 0 Å². The molecule has 1 N–H and O–H groups in total. The van der Waals surface area contributed by atoms with Gasteiger partial charge in [-0.15, -0.1) is 10.2 Å². The van der Waals surface area contributed by atoms with Crippen LogP contribution >= 0.6 is 22.6 Å². The van der Waals surface area contributed by atoms with E-state index in [0.29, 0.717) is 18.5 Å². The molecule has 0 saturated carbocycles. The van der Waals surface area contributed by atoms with Gasteiger partial charge in [0.15, 0.2) is 0 Å². The molecule has 94 valence electrons. The molecule has 5 nitrogen and oxygen atoms in total. The molecule has 0 bridgehead atoms. The van der Waals surface area contributed by atoms with Gasteiger partial charge >= 0.3 is 0 Å². The third-order valence-electron chi connectivity index (χ3n) is 2.56. The Morgan fingerprint density at radius 3 is 2.89 bits per heavy atom. The van der Waals surface area contributed by atoms with E-state index in [1.807, 2.05) is 35.9 Å². The number of aromatic nitrogens is 3. The Hall–Kier alpha value is -1.44. The molecule has 0 unspecified atom stereocenters. The Morgan fingerprint density at radius 2 is 2.22 bits per heavy atom. The van der Waals surface area contributed by atoms with Crippen molar-refractivity contribution in [1.29, 1.82) is 0 Å². The van der Waals surface area contributed by atoms with Crippen molar-refractivity contribution in [3.63, 3.8) is 0 Å². The van der Waals surface area contributed by atoms with Gasteiger partial charge in [-0.1, -0.05) is 12.1 Å². The number of amides is 1. The fourth-order valence-corrected chi connectivity index (χ4v) is 2.19. The molecular formula is C12H13IN4O. The van der Waals surface area contributed by atoms with Crippen LogP contribution in [0.4, 0.5) is 0 Å². The monoisotopic (exact) mass is 356 g/mol. The first kappa shape index (κ1) is 13.0. The van der Waals surface area contributed by atoms with Gasteiger partial charge in [-0.2, -0.15) is 0 Å². The van der Waals surface area contributed by atoms with E-state index in [1.165, 1.54) is 0 Å². The summed E-state index contributed by atoms with van der Waals surface area (Å²) in [6, 6.07) is 7.51. The lowest BCUT2D eigenvalue weighted by atomic mass is 10.2. The molecule has 0 aliphatic carbocycles. The van der Waals surface area contributed by atoms with Gasteiger partial charge < -0.3 is 9.88 Å². The number of hydrogen-bond acceptors (Lipinski definition) is 3. The summed E-state index contributed by atoms with van der Waals surface area (Å²) in [5, 5.41) is 10.6. The second kappa shape index (κ2) is 5.94. The van der Waals surface area contributed by atoms with Crippen LogP contribution in [0.2, 0.25) is 0 Å². The van der Waals surface area contributed by atoms with Crippen molar-refractivity contribution in [3.8, 4) is 0 Å². The first-order valence-corrected chi connectivity index (χ1v) is 6.62. The molecule has 0 saturated heterocycles. The summed E-state index contributed by atoms with van der Waals surface area (Å²) in [6.45, 7) is 0.552. The maximum Gasteiger partial charge on any atom is 0.252 e. The lowest BCUT2D eigenvalue weighted by molar-refractivity contribution is 0.0953. The normalized spacial score (nSPS) is 10.3. The number of benzene rings is 1. The van der Waals surface area contributed by atoms with Crippen LogP contribution in [-0.2, 0) is 13.5 Å². The second-order valence-corrected chi connectivity index (χ2v) is 5.01. The summed E-state index contributed by atoms with van der Waals surface area (Å²) in [7, 11) is 1.89. The third-order valence-corrected chi connectivity index (χ3v) is 3.50. The lowest BCUT2D eigenvalue weighted by Gasteiger charge is -2.06. The van der Waals surface area contributed by atoms with E-state index in [2.05, 4.69) is 38.1 Å². The van der Waals surface area contributed by atoms with Gasteiger partial charge in [0.1, 0.15) is 12.2 Å². The average molecular weight is 356 g/mol. The fourth-order valence-electron chi connectivity index (χ4n) is 1.56. The van der Waals surface area contributed by atoms with E-state index < -0.39 is 0 Å². The van der Waals surface area contributed by atoms with E-state index in [-0.39, 0.29) is 5.91 Å². The minimum absolute atomic E-state index is 0.0535. The third kappa shape index (κ3) is 3.06. The number of hydrogen-bond donors (Lipinski definition) is 1. The van der Waals surface area contributed by atoms with Gasteiger partial charge in [-0.05, 0) is 34.7 Å². The minimum atomic E-state index is -0.0535. The van der Waals surface area contributed by atoms with E-state index in [1.54, 1.807) is 6.33 Å². The number of halogens is 1. The van der Waals surface area contributed by atoms with Gasteiger partial charge in [0, 0.05) is 23.6 Å². The van der Waals surface area contributed by atoms with E-state index in [4.69, 9.17) is 0 Å². The zero-order valence-electron chi connectivity index (χ0n) is 9.93. The van der Waals surface area contributed by atoms with E-state index in [9.17, 15) is 4.79 Å². The molecule has 1 amide bonds. The molecule has 1 aromatic carbocycles. The highest BCUT2D eigenvalue weighted by Crippen LogP contribution is 2.10. The molecule has 0 radical (unpaired) electrons.